The van der Waals surface area contributed by atoms with Gasteiger partial charge in [-0.05, 0) is 38.5 Å². The van der Waals surface area contributed by atoms with Crippen LogP contribution in [0.3, 0.4) is 0 Å². The van der Waals surface area contributed by atoms with Crippen molar-refractivity contribution in [2.24, 2.45) is 0 Å². The second-order valence-electron chi connectivity index (χ2n) is 8.09. The number of hydrogen-bond donors (Lipinski definition) is 0. The third-order valence-electron chi connectivity index (χ3n) is 6.43. The fourth-order valence-electron chi connectivity index (χ4n) is 4.81. The van der Waals surface area contributed by atoms with Crippen LogP contribution in [0.2, 0.25) is 0 Å². The lowest BCUT2D eigenvalue weighted by atomic mass is 10.00. The molecule has 1 aliphatic carbocycles. The Balaban J connectivity index is 1.24. The highest BCUT2D eigenvalue weighted by Gasteiger charge is 2.37. The van der Waals surface area contributed by atoms with E-state index in [1.165, 1.54) is 6.42 Å². The average molecular weight is 414 g/mol. The van der Waals surface area contributed by atoms with Crippen LogP contribution in [0.5, 0.6) is 5.19 Å². The van der Waals surface area contributed by atoms with Gasteiger partial charge in [-0.1, -0.05) is 30.6 Å². The Bertz CT molecular complexity index is 673. The van der Waals surface area contributed by atoms with E-state index in [1.807, 2.05) is 5.38 Å². The maximum Gasteiger partial charge on any atom is 0.273 e. The lowest BCUT2D eigenvalue weighted by molar-refractivity contribution is 0.0583. The van der Waals surface area contributed by atoms with Crippen LogP contribution in [0, 0.1) is 0 Å². The number of thiazole rings is 1. The quantitative estimate of drug-likeness (QED) is 0.742. The van der Waals surface area contributed by atoms with Crippen molar-refractivity contribution >= 4 is 21.4 Å². The maximum absolute atomic E-state index is 12.9. The summed E-state index contributed by atoms with van der Waals surface area (Å²) >= 11 is 1.55. The van der Waals surface area contributed by atoms with Gasteiger partial charge < -0.3 is 9.64 Å². The number of hydrogen-bond acceptors (Lipinski definition) is 6. The van der Waals surface area contributed by atoms with E-state index in [-0.39, 0.29) is 11.4 Å². The largest absolute Gasteiger partial charge is 0.467 e. The zero-order valence-electron chi connectivity index (χ0n) is 16.0. The van der Waals surface area contributed by atoms with Crippen LogP contribution >= 0.6 is 11.3 Å². The Morgan fingerprint density at radius 3 is 2.30 bits per heavy atom. The highest BCUT2D eigenvalue weighted by Crippen LogP contribution is 2.30. The molecular weight excluding hydrogens is 382 g/mol. The Kier molecular flexibility index (Phi) is 6.36. The fourth-order valence-corrected chi connectivity index (χ4v) is 7.43. The third-order valence-corrected chi connectivity index (χ3v) is 9.49. The number of likely N-dealkylation sites (tertiary alicyclic amines) is 1. The first-order chi connectivity index (χ1) is 13.1. The molecule has 0 amide bonds. The number of sulfonamides is 1. The molecule has 2 saturated heterocycles. The molecule has 0 bridgehead atoms. The molecule has 152 valence electrons. The summed E-state index contributed by atoms with van der Waals surface area (Å²) in [4.78, 5) is 6.76. The summed E-state index contributed by atoms with van der Waals surface area (Å²) < 4.78 is 33.6. The zero-order chi connectivity index (χ0) is 18.7. The Morgan fingerprint density at radius 1 is 0.963 bits per heavy atom. The van der Waals surface area contributed by atoms with Crippen LogP contribution < -0.4 is 4.74 Å². The van der Waals surface area contributed by atoms with Crippen LogP contribution in [-0.2, 0) is 10.0 Å². The van der Waals surface area contributed by atoms with Gasteiger partial charge in [0.25, 0.3) is 5.19 Å². The van der Waals surface area contributed by atoms with Gasteiger partial charge in [0, 0.05) is 43.8 Å². The maximum atomic E-state index is 12.9. The van der Waals surface area contributed by atoms with Crippen molar-refractivity contribution in [3.8, 4) is 5.19 Å². The molecule has 6 nitrogen and oxygen atoms in total. The van der Waals surface area contributed by atoms with Gasteiger partial charge in [-0.3, -0.25) is 0 Å². The topological polar surface area (TPSA) is 62.7 Å². The molecule has 0 N–H and O–H groups in total. The van der Waals surface area contributed by atoms with Crippen molar-refractivity contribution < 1.29 is 13.2 Å². The summed E-state index contributed by atoms with van der Waals surface area (Å²) in [5.41, 5.74) is 0. The molecule has 2 aliphatic heterocycles. The second-order valence-corrected chi connectivity index (χ2v) is 11.2. The molecule has 1 saturated carbocycles. The molecule has 0 radical (unpaired) electrons. The van der Waals surface area contributed by atoms with Crippen molar-refractivity contribution in [2.45, 2.75) is 75.2 Å². The average Bonchev–Trinajstić information content (AvgIpc) is 3.22. The summed E-state index contributed by atoms with van der Waals surface area (Å²) in [6.45, 7) is 3.46. The van der Waals surface area contributed by atoms with Gasteiger partial charge in [-0.2, -0.15) is 0 Å². The summed E-state index contributed by atoms with van der Waals surface area (Å²) in [6, 6.07) is 0.517. The molecule has 27 heavy (non-hydrogen) atoms. The van der Waals surface area contributed by atoms with E-state index >= 15 is 0 Å². The van der Waals surface area contributed by atoms with Gasteiger partial charge in [0.2, 0.25) is 10.0 Å². The number of aromatic nitrogens is 1. The minimum absolute atomic E-state index is 0.124. The van der Waals surface area contributed by atoms with Gasteiger partial charge in [0.1, 0.15) is 6.10 Å². The van der Waals surface area contributed by atoms with Crippen molar-refractivity contribution in [2.75, 3.05) is 26.2 Å². The second kappa shape index (κ2) is 8.76. The first-order valence-corrected chi connectivity index (χ1v) is 12.8. The SMILES string of the molecule is O=S(=O)(C1CCCCC1)N1CCC(N2CCC(Oc3nccs3)CC2)CC1. The van der Waals surface area contributed by atoms with Crippen molar-refractivity contribution in [1.29, 1.82) is 0 Å². The molecule has 8 heteroatoms. The van der Waals surface area contributed by atoms with Gasteiger partial charge in [-0.25, -0.2) is 17.7 Å². The molecule has 0 spiro atoms. The number of nitrogens with zero attached hydrogens (tertiary/aromatic N) is 3. The van der Waals surface area contributed by atoms with Crippen LogP contribution in [0.4, 0.5) is 0 Å². The smallest absolute Gasteiger partial charge is 0.273 e. The summed E-state index contributed by atoms with van der Waals surface area (Å²) in [6.07, 6.45) is 11.1. The summed E-state index contributed by atoms with van der Waals surface area (Å²) in [5.74, 6) is 0. The van der Waals surface area contributed by atoms with Gasteiger partial charge in [0.05, 0.1) is 5.25 Å². The number of ether oxygens (including phenoxy) is 1. The molecule has 4 rings (SSSR count). The van der Waals surface area contributed by atoms with Crippen molar-refractivity contribution in [1.82, 2.24) is 14.2 Å². The molecule has 1 aromatic heterocycles. The van der Waals surface area contributed by atoms with Crippen LogP contribution in [0.15, 0.2) is 11.6 Å². The van der Waals surface area contributed by atoms with Crippen molar-refractivity contribution in [3.63, 3.8) is 0 Å². The van der Waals surface area contributed by atoms with Crippen LogP contribution in [-0.4, -0.2) is 66.2 Å². The lowest BCUT2D eigenvalue weighted by Gasteiger charge is -2.42. The molecule has 3 heterocycles. The van der Waals surface area contributed by atoms with Gasteiger partial charge in [0.15, 0.2) is 0 Å². The van der Waals surface area contributed by atoms with Crippen LogP contribution in [0.25, 0.3) is 0 Å². The van der Waals surface area contributed by atoms with E-state index in [9.17, 15) is 8.42 Å². The lowest BCUT2D eigenvalue weighted by Crippen LogP contribution is -2.51. The van der Waals surface area contributed by atoms with E-state index in [0.717, 1.165) is 69.6 Å². The number of rotatable bonds is 5. The zero-order valence-corrected chi connectivity index (χ0v) is 17.6. The molecule has 0 aromatic carbocycles. The minimum Gasteiger partial charge on any atom is -0.467 e. The summed E-state index contributed by atoms with van der Waals surface area (Å²) in [7, 11) is -3.09. The Hall–Kier alpha value is -0.700. The molecule has 0 atom stereocenters. The third kappa shape index (κ3) is 4.66. The van der Waals surface area contributed by atoms with E-state index < -0.39 is 10.0 Å². The predicted molar refractivity (Wildman–Crippen MR) is 108 cm³/mol. The van der Waals surface area contributed by atoms with E-state index in [4.69, 9.17) is 4.74 Å². The van der Waals surface area contributed by atoms with Crippen molar-refractivity contribution in [3.05, 3.63) is 11.6 Å². The molecule has 1 aromatic rings. The number of piperidine rings is 2. The molecule has 3 fully saturated rings. The summed E-state index contributed by atoms with van der Waals surface area (Å²) in [5, 5.41) is 2.59. The standard InChI is InChI=1S/C19H31N3O3S2/c23-27(24,18-4-2-1-3-5-18)22-13-6-16(7-14-22)21-11-8-17(9-12-21)25-19-20-10-15-26-19/h10,15-18H,1-9,11-14H2. The van der Waals surface area contributed by atoms with E-state index in [0.29, 0.717) is 19.1 Å². The molecule has 3 aliphatic rings. The van der Waals surface area contributed by atoms with Crippen LogP contribution in [0.1, 0.15) is 57.8 Å². The van der Waals surface area contributed by atoms with Gasteiger partial charge in [-0.15, -0.1) is 0 Å². The van der Waals surface area contributed by atoms with E-state index in [1.54, 1.807) is 21.8 Å². The molecular formula is C19H31N3O3S2. The van der Waals surface area contributed by atoms with E-state index in [2.05, 4.69) is 9.88 Å². The predicted octanol–water partition coefficient (Wildman–Crippen LogP) is 3.11. The fraction of sp³-hybridized carbons (Fsp3) is 0.842. The Labute approximate surface area is 167 Å². The first kappa shape index (κ1) is 19.6. The highest BCUT2D eigenvalue weighted by atomic mass is 32.2. The minimum atomic E-state index is -3.09. The Morgan fingerprint density at radius 2 is 1.67 bits per heavy atom. The van der Waals surface area contributed by atoms with Gasteiger partial charge >= 0.3 is 0 Å². The first-order valence-electron chi connectivity index (χ1n) is 10.4. The molecule has 0 unspecified atom stereocenters. The monoisotopic (exact) mass is 413 g/mol. The highest BCUT2D eigenvalue weighted by molar-refractivity contribution is 7.89. The normalized spacial score (nSPS) is 25.6.